The fraction of sp³-hybridized carbons (Fsp3) is 0.909. The molecule has 88 valence electrons. The number of aliphatic carboxylic acids is 1. The number of carbonyl (C=O) groups is 1. The van der Waals surface area contributed by atoms with E-state index in [0.717, 1.165) is 19.4 Å². The molecule has 0 aromatic heterocycles. The molecule has 0 radical (unpaired) electrons. The number of methoxy groups -OCH3 is 1. The molecule has 1 N–H and O–H groups in total. The van der Waals surface area contributed by atoms with Crippen molar-refractivity contribution in [1.82, 2.24) is 4.90 Å². The van der Waals surface area contributed by atoms with Crippen molar-refractivity contribution >= 4 is 5.97 Å². The van der Waals surface area contributed by atoms with Gasteiger partial charge in [0.15, 0.2) is 0 Å². The molecule has 0 bridgehead atoms. The van der Waals surface area contributed by atoms with E-state index in [0.29, 0.717) is 19.2 Å². The van der Waals surface area contributed by atoms with E-state index in [2.05, 4.69) is 11.8 Å². The van der Waals surface area contributed by atoms with Crippen LogP contribution in [-0.2, 0) is 9.53 Å². The highest BCUT2D eigenvalue weighted by Gasteiger charge is 2.38. The van der Waals surface area contributed by atoms with Gasteiger partial charge < -0.3 is 9.84 Å². The third-order valence-electron chi connectivity index (χ3n) is 3.27. The number of ether oxygens (including phenoxy) is 1. The minimum absolute atomic E-state index is 0.300. The summed E-state index contributed by atoms with van der Waals surface area (Å²) in [7, 11) is 1.68. The van der Waals surface area contributed by atoms with Crippen LogP contribution in [0.1, 0.15) is 26.7 Å². The Morgan fingerprint density at radius 2 is 2.33 bits per heavy atom. The molecule has 2 unspecified atom stereocenters. The molecule has 1 heterocycles. The van der Waals surface area contributed by atoms with Gasteiger partial charge >= 0.3 is 5.97 Å². The maximum Gasteiger partial charge on any atom is 0.310 e. The average Bonchev–Trinajstić information content (AvgIpc) is 2.18. The first kappa shape index (κ1) is 12.5. The molecule has 0 saturated carbocycles. The number of carboxylic acid groups (broad SMARTS) is 1. The smallest absolute Gasteiger partial charge is 0.310 e. The molecule has 1 saturated heterocycles. The summed E-state index contributed by atoms with van der Waals surface area (Å²) in [5.74, 6) is -0.684. The lowest BCUT2D eigenvalue weighted by Gasteiger charge is -2.40. The van der Waals surface area contributed by atoms with Crippen LogP contribution in [0.2, 0.25) is 0 Å². The largest absolute Gasteiger partial charge is 0.481 e. The summed E-state index contributed by atoms with van der Waals surface area (Å²) in [6.45, 7) is 6.19. The SMILES string of the molecule is COCC(C)N1CCCC(C)(C(=O)O)C1. The van der Waals surface area contributed by atoms with Crippen molar-refractivity contribution in [3.63, 3.8) is 0 Å². The molecule has 0 aliphatic carbocycles. The Morgan fingerprint density at radius 1 is 1.67 bits per heavy atom. The molecule has 4 heteroatoms. The molecule has 0 aromatic rings. The molecule has 1 aliphatic heterocycles. The summed E-state index contributed by atoms with van der Waals surface area (Å²) in [6, 6.07) is 0.300. The number of hydrogen-bond donors (Lipinski definition) is 1. The van der Waals surface area contributed by atoms with Crippen molar-refractivity contribution in [2.24, 2.45) is 5.41 Å². The van der Waals surface area contributed by atoms with E-state index < -0.39 is 11.4 Å². The second kappa shape index (κ2) is 4.94. The fourth-order valence-corrected chi connectivity index (χ4v) is 2.18. The van der Waals surface area contributed by atoms with Crippen LogP contribution in [0.5, 0.6) is 0 Å². The lowest BCUT2D eigenvalue weighted by molar-refractivity contribution is -0.152. The molecule has 1 rings (SSSR count). The first-order valence-corrected chi connectivity index (χ1v) is 5.46. The maximum absolute atomic E-state index is 11.1. The molecular formula is C11H21NO3. The van der Waals surface area contributed by atoms with E-state index in [9.17, 15) is 4.79 Å². The number of hydrogen-bond acceptors (Lipinski definition) is 3. The molecule has 0 spiro atoms. The molecule has 2 atom stereocenters. The zero-order valence-electron chi connectivity index (χ0n) is 9.82. The Kier molecular flexibility index (Phi) is 4.11. The normalized spacial score (nSPS) is 30.1. The number of nitrogens with zero attached hydrogens (tertiary/aromatic N) is 1. The first-order valence-electron chi connectivity index (χ1n) is 5.46. The van der Waals surface area contributed by atoms with Gasteiger partial charge in [-0.25, -0.2) is 0 Å². The summed E-state index contributed by atoms with van der Waals surface area (Å²) in [4.78, 5) is 13.4. The Balaban J connectivity index is 2.59. The summed E-state index contributed by atoms with van der Waals surface area (Å²) >= 11 is 0. The first-order chi connectivity index (χ1) is 6.99. The molecule has 0 amide bonds. The molecule has 1 fully saturated rings. The summed E-state index contributed by atoms with van der Waals surface area (Å²) in [5.41, 5.74) is -0.583. The number of likely N-dealkylation sites (tertiary alicyclic amines) is 1. The minimum atomic E-state index is -0.684. The number of rotatable bonds is 4. The zero-order chi connectivity index (χ0) is 11.5. The van der Waals surface area contributed by atoms with Crippen LogP contribution in [0.3, 0.4) is 0 Å². The Bertz CT molecular complexity index is 232. The topological polar surface area (TPSA) is 49.8 Å². The van der Waals surface area contributed by atoms with Gasteiger partial charge in [-0.05, 0) is 33.2 Å². The predicted octanol–water partition coefficient (Wildman–Crippen LogP) is 1.21. The van der Waals surface area contributed by atoms with E-state index >= 15 is 0 Å². The summed E-state index contributed by atoms with van der Waals surface area (Å²) < 4.78 is 5.10. The minimum Gasteiger partial charge on any atom is -0.481 e. The van der Waals surface area contributed by atoms with E-state index in [1.54, 1.807) is 7.11 Å². The van der Waals surface area contributed by atoms with Gasteiger partial charge in [0.25, 0.3) is 0 Å². The van der Waals surface area contributed by atoms with Crippen molar-refractivity contribution in [3.05, 3.63) is 0 Å². The van der Waals surface area contributed by atoms with Crippen LogP contribution in [0, 0.1) is 5.41 Å². The second-order valence-electron chi connectivity index (χ2n) is 4.74. The average molecular weight is 215 g/mol. The quantitative estimate of drug-likeness (QED) is 0.765. The Morgan fingerprint density at radius 3 is 2.87 bits per heavy atom. The highest BCUT2D eigenvalue weighted by atomic mass is 16.5. The van der Waals surface area contributed by atoms with E-state index in [1.807, 2.05) is 6.92 Å². The standard InChI is InChI=1S/C11H21NO3/c1-9(7-15-3)12-6-4-5-11(2,8-12)10(13)14/h9H,4-8H2,1-3H3,(H,13,14). The van der Waals surface area contributed by atoms with Crippen LogP contribution in [0.4, 0.5) is 0 Å². The van der Waals surface area contributed by atoms with Crippen LogP contribution in [0.15, 0.2) is 0 Å². The Labute approximate surface area is 91.2 Å². The second-order valence-corrected chi connectivity index (χ2v) is 4.74. The van der Waals surface area contributed by atoms with Crippen molar-refractivity contribution in [2.75, 3.05) is 26.8 Å². The van der Waals surface area contributed by atoms with E-state index in [1.165, 1.54) is 0 Å². The van der Waals surface area contributed by atoms with Gasteiger partial charge in [0.1, 0.15) is 0 Å². The van der Waals surface area contributed by atoms with Crippen molar-refractivity contribution < 1.29 is 14.6 Å². The monoisotopic (exact) mass is 215 g/mol. The molecule has 4 nitrogen and oxygen atoms in total. The van der Waals surface area contributed by atoms with Crippen molar-refractivity contribution in [1.29, 1.82) is 0 Å². The van der Waals surface area contributed by atoms with Crippen molar-refractivity contribution in [2.45, 2.75) is 32.7 Å². The van der Waals surface area contributed by atoms with Gasteiger partial charge in [0, 0.05) is 19.7 Å². The van der Waals surface area contributed by atoms with Gasteiger partial charge in [0.2, 0.25) is 0 Å². The van der Waals surface area contributed by atoms with Crippen LogP contribution in [0.25, 0.3) is 0 Å². The van der Waals surface area contributed by atoms with E-state index in [4.69, 9.17) is 9.84 Å². The molecular weight excluding hydrogens is 194 g/mol. The lowest BCUT2D eigenvalue weighted by atomic mass is 9.81. The van der Waals surface area contributed by atoms with Crippen LogP contribution >= 0.6 is 0 Å². The zero-order valence-corrected chi connectivity index (χ0v) is 9.82. The van der Waals surface area contributed by atoms with Gasteiger partial charge in [-0.2, -0.15) is 0 Å². The summed E-state index contributed by atoms with van der Waals surface area (Å²) in [5, 5.41) is 9.17. The van der Waals surface area contributed by atoms with Gasteiger partial charge in [-0.15, -0.1) is 0 Å². The van der Waals surface area contributed by atoms with Gasteiger partial charge in [-0.3, -0.25) is 9.69 Å². The Hall–Kier alpha value is -0.610. The summed E-state index contributed by atoms with van der Waals surface area (Å²) in [6.07, 6.45) is 1.73. The number of carboxylic acids is 1. The number of piperidine rings is 1. The highest BCUT2D eigenvalue weighted by Crippen LogP contribution is 2.30. The van der Waals surface area contributed by atoms with Crippen molar-refractivity contribution in [3.8, 4) is 0 Å². The van der Waals surface area contributed by atoms with E-state index in [-0.39, 0.29) is 0 Å². The van der Waals surface area contributed by atoms with Gasteiger partial charge in [0.05, 0.1) is 12.0 Å². The maximum atomic E-state index is 11.1. The third-order valence-corrected chi connectivity index (χ3v) is 3.27. The molecule has 1 aliphatic rings. The van der Waals surface area contributed by atoms with Crippen LogP contribution < -0.4 is 0 Å². The lowest BCUT2D eigenvalue weighted by Crippen LogP contribution is -2.50. The van der Waals surface area contributed by atoms with Gasteiger partial charge in [-0.1, -0.05) is 0 Å². The van der Waals surface area contributed by atoms with Crippen LogP contribution in [-0.4, -0.2) is 48.8 Å². The fourth-order valence-electron chi connectivity index (χ4n) is 2.18. The predicted molar refractivity (Wildman–Crippen MR) is 57.9 cm³/mol. The highest BCUT2D eigenvalue weighted by molar-refractivity contribution is 5.74. The molecule has 0 aromatic carbocycles. The third kappa shape index (κ3) is 2.92. The molecule has 15 heavy (non-hydrogen) atoms.